The van der Waals surface area contributed by atoms with Crippen LogP contribution < -0.4 is 11.5 Å². The van der Waals surface area contributed by atoms with Gasteiger partial charge >= 0.3 is 0 Å². The molecule has 0 atom stereocenters. The molecule has 0 fully saturated rings. The van der Waals surface area contributed by atoms with Crippen molar-refractivity contribution in [1.29, 1.82) is 0 Å². The summed E-state index contributed by atoms with van der Waals surface area (Å²) in [7, 11) is 0. The molecule has 0 radical (unpaired) electrons. The summed E-state index contributed by atoms with van der Waals surface area (Å²) in [5.41, 5.74) is 12.4. The summed E-state index contributed by atoms with van der Waals surface area (Å²) in [6.45, 7) is 2.21. The van der Waals surface area contributed by atoms with Crippen LogP contribution in [0.25, 0.3) is 0 Å². The molecule has 1 heterocycles. The number of primary amides is 1. The molecule has 0 aliphatic rings. The number of nitrogens with zero attached hydrogens (tertiary/aromatic N) is 1. The van der Waals surface area contributed by atoms with E-state index >= 15 is 0 Å². The number of hydrogen-bond donors (Lipinski definition) is 2. The zero-order valence-electron chi connectivity index (χ0n) is 7.28. The molecule has 4 N–H and O–H groups in total. The summed E-state index contributed by atoms with van der Waals surface area (Å²) in [5, 5.41) is 0. The molecule has 0 aromatic carbocycles. The Morgan fingerprint density at radius 3 is 2.62 bits per heavy atom. The number of hydrogen-bond acceptors (Lipinski definition) is 3. The summed E-state index contributed by atoms with van der Waals surface area (Å²) in [6.07, 6.45) is 1.56. The number of aryl methyl sites for hydroxylation is 1. The predicted octanol–water partition coefficient (Wildman–Crippen LogP) is 0.369. The second-order valence-electron chi connectivity index (χ2n) is 2.58. The molecule has 5 heteroatoms. The van der Waals surface area contributed by atoms with E-state index in [0.29, 0.717) is 12.2 Å². The summed E-state index contributed by atoms with van der Waals surface area (Å²) in [6, 6.07) is 1.81. The highest BCUT2D eigenvalue weighted by Gasteiger charge is 2.05. The van der Waals surface area contributed by atoms with E-state index < -0.39 is 5.91 Å². The fourth-order valence-corrected chi connectivity index (χ4v) is 1.00. The zero-order chi connectivity index (χ0) is 9.14. The van der Waals surface area contributed by atoms with Crippen LogP contribution in [0.2, 0.25) is 0 Å². The monoisotopic (exact) mass is 201 g/mol. The molecule has 0 aliphatic carbocycles. The van der Waals surface area contributed by atoms with Gasteiger partial charge in [0, 0.05) is 12.7 Å². The van der Waals surface area contributed by atoms with Gasteiger partial charge in [0.2, 0.25) is 0 Å². The smallest absolute Gasteiger partial charge is 0.267 e. The van der Waals surface area contributed by atoms with E-state index in [2.05, 4.69) is 4.98 Å². The van der Waals surface area contributed by atoms with Crippen molar-refractivity contribution in [2.45, 2.75) is 13.5 Å². The molecule has 1 aromatic heterocycles. The predicted molar refractivity (Wildman–Crippen MR) is 52.6 cm³/mol. The van der Waals surface area contributed by atoms with E-state index in [-0.39, 0.29) is 12.4 Å². The minimum absolute atomic E-state index is 0. The number of aromatic nitrogens is 1. The molecule has 0 saturated carbocycles. The Kier molecular flexibility index (Phi) is 4.37. The number of carbonyl (C=O) groups is 1. The maximum Gasteiger partial charge on any atom is 0.267 e. The minimum Gasteiger partial charge on any atom is -0.364 e. The molecule has 0 aliphatic heterocycles. The van der Waals surface area contributed by atoms with Crippen molar-refractivity contribution >= 4 is 18.3 Å². The van der Waals surface area contributed by atoms with Crippen LogP contribution in [0.1, 0.15) is 21.6 Å². The summed E-state index contributed by atoms with van der Waals surface area (Å²) < 4.78 is 0. The average Bonchev–Trinajstić information content (AvgIpc) is 2.03. The van der Waals surface area contributed by atoms with Gasteiger partial charge in [-0.05, 0) is 18.1 Å². The number of amides is 1. The molecule has 13 heavy (non-hydrogen) atoms. The van der Waals surface area contributed by atoms with Crippen molar-refractivity contribution in [3.8, 4) is 0 Å². The van der Waals surface area contributed by atoms with Gasteiger partial charge in [0.15, 0.2) is 0 Å². The van der Waals surface area contributed by atoms with Crippen molar-refractivity contribution in [1.82, 2.24) is 4.98 Å². The van der Waals surface area contributed by atoms with E-state index in [1.54, 1.807) is 13.1 Å². The van der Waals surface area contributed by atoms with Crippen molar-refractivity contribution < 1.29 is 4.79 Å². The minimum atomic E-state index is -0.504. The Balaban J connectivity index is 0.00000144. The van der Waals surface area contributed by atoms with Crippen molar-refractivity contribution in [3.05, 3.63) is 29.1 Å². The third-order valence-corrected chi connectivity index (χ3v) is 1.60. The lowest BCUT2D eigenvalue weighted by molar-refractivity contribution is 0.0995. The quantitative estimate of drug-likeness (QED) is 0.725. The first-order valence-electron chi connectivity index (χ1n) is 3.60. The Morgan fingerprint density at radius 1 is 1.62 bits per heavy atom. The van der Waals surface area contributed by atoms with Crippen LogP contribution in [-0.4, -0.2) is 10.9 Å². The number of nitrogens with two attached hydrogens (primary N) is 2. The summed E-state index contributed by atoms with van der Waals surface area (Å²) >= 11 is 0. The Hall–Kier alpha value is -1.13. The maximum absolute atomic E-state index is 10.7. The molecule has 72 valence electrons. The number of carbonyl (C=O) groups excluding carboxylic acids is 1. The average molecular weight is 202 g/mol. The molecule has 1 aromatic rings. The van der Waals surface area contributed by atoms with Crippen LogP contribution in [0.5, 0.6) is 0 Å². The molecule has 0 bridgehead atoms. The lowest BCUT2D eigenvalue weighted by Crippen LogP contribution is -2.15. The highest BCUT2D eigenvalue weighted by atomic mass is 35.5. The van der Waals surface area contributed by atoms with Gasteiger partial charge in [-0.15, -0.1) is 12.4 Å². The van der Waals surface area contributed by atoms with Gasteiger partial charge in [0.05, 0.1) is 0 Å². The fourth-order valence-electron chi connectivity index (χ4n) is 1.00. The lowest BCUT2D eigenvalue weighted by atomic mass is 10.1. The van der Waals surface area contributed by atoms with Crippen molar-refractivity contribution in [2.24, 2.45) is 11.5 Å². The highest BCUT2D eigenvalue weighted by molar-refractivity contribution is 5.92. The standard InChI is InChI=1S/C8H11N3O.ClH/c1-5-2-6(3-9)4-11-7(5)8(10)12;/h2,4H,3,9H2,1H3,(H2,10,12);1H. The molecular formula is C8H12ClN3O. The van der Waals surface area contributed by atoms with Crippen LogP contribution in [-0.2, 0) is 6.54 Å². The van der Waals surface area contributed by atoms with E-state index in [4.69, 9.17) is 11.5 Å². The first kappa shape index (κ1) is 11.9. The molecule has 0 spiro atoms. The summed E-state index contributed by atoms with van der Waals surface area (Å²) in [4.78, 5) is 14.6. The fraction of sp³-hybridized carbons (Fsp3) is 0.250. The van der Waals surface area contributed by atoms with Gasteiger partial charge in [-0.2, -0.15) is 0 Å². The molecule has 1 rings (SSSR count). The third-order valence-electron chi connectivity index (χ3n) is 1.60. The van der Waals surface area contributed by atoms with Gasteiger partial charge in [-0.1, -0.05) is 6.07 Å². The molecule has 1 amide bonds. The molecule has 4 nitrogen and oxygen atoms in total. The van der Waals surface area contributed by atoms with Crippen molar-refractivity contribution in [2.75, 3.05) is 0 Å². The lowest BCUT2D eigenvalue weighted by Gasteiger charge is -2.01. The molecule has 0 saturated heterocycles. The van der Waals surface area contributed by atoms with E-state index in [1.165, 1.54) is 0 Å². The second-order valence-corrected chi connectivity index (χ2v) is 2.58. The Bertz CT molecular complexity index is 314. The van der Waals surface area contributed by atoms with Crippen molar-refractivity contribution in [3.63, 3.8) is 0 Å². The second kappa shape index (κ2) is 4.79. The topological polar surface area (TPSA) is 82.0 Å². The van der Waals surface area contributed by atoms with Gasteiger partial charge < -0.3 is 11.5 Å². The highest BCUT2D eigenvalue weighted by Crippen LogP contribution is 2.05. The van der Waals surface area contributed by atoms with Crippen LogP contribution in [0.3, 0.4) is 0 Å². The van der Waals surface area contributed by atoms with Gasteiger partial charge in [-0.25, -0.2) is 0 Å². The molecular weight excluding hydrogens is 190 g/mol. The normalized spacial score (nSPS) is 9.08. The molecule has 0 unspecified atom stereocenters. The first-order chi connectivity index (χ1) is 5.65. The van der Waals surface area contributed by atoms with E-state index in [1.807, 2.05) is 6.07 Å². The van der Waals surface area contributed by atoms with Crippen LogP contribution in [0.15, 0.2) is 12.3 Å². The van der Waals surface area contributed by atoms with Gasteiger partial charge in [0.25, 0.3) is 5.91 Å². The Morgan fingerprint density at radius 2 is 2.23 bits per heavy atom. The van der Waals surface area contributed by atoms with Crippen LogP contribution in [0, 0.1) is 6.92 Å². The SMILES string of the molecule is Cc1cc(CN)cnc1C(N)=O.Cl. The van der Waals surface area contributed by atoms with Crippen LogP contribution >= 0.6 is 12.4 Å². The maximum atomic E-state index is 10.7. The van der Waals surface area contributed by atoms with Gasteiger partial charge in [0.1, 0.15) is 5.69 Å². The number of halogens is 1. The first-order valence-corrected chi connectivity index (χ1v) is 3.60. The number of rotatable bonds is 2. The largest absolute Gasteiger partial charge is 0.364 e. The number of pyridine rings is 1. The Labute approximate surface area is 82.7 Å². The zero-order valence-corrected chi connectivity index (χ0v) is 8.10. The van der Waals surface area contributed by atoms with E-state index in [0.717, 1.165) is 11.1 Å². The van der Waals surface area contributed by atoms with Gasteiger partial charge in [-0.3, -0.25) is 9.78 Å². The van der Waals surface area contributed by atoms with E-state index in [9.17, 15) is 4.79 Å². The summed E-state index contributed by atoms with van der Waals surface area (Å²) in [5.74, 6) is -0.504. The third kappa shape index (κ3) is 2.68. The van der Waals surface area contributed by atoms with Crippen LogP contribution in [0.4, 0.5) is 0 Å².